The summed E-state index contributed by atoms with van der Waals surface area (Å²) < 4.78 is 0. The lowest BCUT2D eigenvalue weighted by Crippen LogP contribution is -2.13. The Labute approximate surface area is 79.7 Å². The van der Waals surface area contributed by atoms with Gasteiger partial charge in [0.2, 0.25) is 5.11 Å². The van der Waals surface area contributed by atoms with Crippen molar-refractivity contribution in [2.45, 2.75) is 0 Å². The maximum Gasteiger partial charge on any atom is 0.219 e. The number of hydrogen-bond acceptors (Lipinski definition) is 4. The lowest BCUT2D eigenvalue weighted by Gasteiger charge is -2.10. The van der Waals surface area contributed by atoms with Gasteiger partial charge in [-0.1, -0.05) is 0 Å². The standard InChI is InChI=1S/C7H6N4OS/c12-11-3-1-5(2-4-11)6-8-7(13)10-9-6/h1-4,12H,(H,8,13). The van der Waals surface area contributed by atoms with E-state index in [1.165, 1.54) is 12.4 Å². The molecule has 0 radical (unpaired) electrons. The van der Waals surface area contributed by atoms with Gasteiger partial charge < -0.3 is 5.32 Å². The second-order valence-corrected chi connectivity index (χ2v) is 2.83. The summed E-state index contributed by atoms with van der Waals surface area (Å²) in [5.41, 5.74) is 0.828. The topological polar surface area (TPSA) is 60.2 Å². The van der Waals surface area contributed by atoms with Crippen molar-refractivity contribution in [1.29, 1.82) is 0 Å². The van der Waals surface area contributed by atoms with Gasteiger partial charge in [-0.3, -0.25) is 5.21 Å². The van der Waals surface area contributed by atoms with Crippen LogP contribution in [-0.4, -0.2) is 15.4 Å². The van der Waals surface area contributed by atoms with E-state index in [1.54, 1.807) is 12.2 Å². The van der Waals surface area contributed by atoms with Crippen LogP contribution in [0.4, 0.5) is 0 Å². The van der Waals surface area contributed by atoms with Crippen molar-refractivity contribution < 1.29 is 5.21 Å². The van der Waals surface area contributed by atoms with E-state index in [1.807, 2.05) is 0 Å². The number of thiocarbonyl (C=S) groups is 1. The minimum Gasteiger partial charge on any atom is -0.312 e. The van der Waals surface area contributed by atoms with E-state index in [-0.39, 0.29) is 0 Å². The van der Waals surface area contributed by atoms with Crippen LogP contribution < -0.4 is 5.32 Å². The third-order valence-corrected chi connectivity index (χ3v) is 1.74. The van der Waals surface area contributed by atoms with E-state index in [0.29, 0.717) is 10.9 Å². The fourth-order valence-electron chi connectivity index (χ4n) is 0.953. The molecule has 0 bridgehead atoms. The normalized spacial score (nSPS) is 20.1. The van der Waals surface area contributed by atoms with Gasteiger partial charge in [0, 0.05) is 18.0 Å². The fourth-order valence-corrected chi connectivity index (χ4v) is 1.09. The van der Waals surface area contributed by atoms with Crippen molar-refractivity contribution in [2.24, 2.45) is 10.2 Å². The molecular formula is C7H6N4OS. The molecule has 2 rings (SSSR count). The van der Waals surface area contributed by atoms with Crippen molar-refractivity contribution >= 4 is 17.3 Å². The third-order valence-electron chi connectivity index (χ3n) is 1.55. The Bertz CT molecular complexity index is 353. The molecule has 5 nitrogen and oxygen atoms in total. The maximum absolute atomic E-state index is 8.96. The summed E-state index contributed by atoms with van der Waals surface area (Å²) in [7, 11) is 0. The van der Waals surface area contributed by atoms with Gasteiger partial charge in [0.1, 0.15) is 0 Å². The van der Waals surface area contributed by atoms with E-state index in [4.69, 9.17) is 17.4 Å². The molecule has 0 saturated carbocycles. The zero-order valence-corrected chi connectivity index (χ0v) is 7.32. The third kappa shape index (κ3) is 1.63. The zero-order valence-electron chi connectivity index (χ0n) is 6.51. The van der Waals surface area contributed by atoms with E-state index in [0.717, 1.165) is 10.6 Å². The average Bonchev–Trinajstić information content (AvgIpc) is 2.53. The Balaban J connectivity index is 2.27. The van der Waals surface area contributed by atoms with Crippen molar-refractivity contribution in [1.82, 2.24) is 10.4 Å². The summed E-state index contributed by atoms with van der Waals surface area (Å²) in [5.74, 6) is 0.602. The highest BCUT2D eigenvalue weighted by atomic mass is 32.1. The Morgan fingerprint density at radius 2 is 2.00 bits per heavy atom. The molecule has 66 valence electrons. The SMILES string of the molecule is ON1C=CC(=C2N=NC(=S)N2)C=C1. The highest BCUT2D eigenvalue weighted by Gasteiger charge is 2.11. The van der Waals surface area contributed by atoms with Crippen molar-refractivity contribution in [3.63, 3.8) is 0 Å². The maximum atomic E-state index is 8.96. The molecule has 2 heterocycles. The molecule has 0 saturated heterocycles. The van der Waals surface area contributed by atoms with E-state index >= 15 is 0 Å². The molecule has 0 atom stereocenters. The van der Waals surface area contributed by atoms with Crippen LogP contribution in [-0.2, 0) is 0 Å². The van der Waals surface area contributed by atoms with E-state index < -0.39 is 0 Å². The fraction of sp³-hybridized carbons (Fsp3) is 0. The molecule has 2 aliphatic heterocycles. The van der Waals surface area contributed by atoms with Crippen LogP contribution in [0, 0.1) is 0 Å². The molecule has 0 fully saturated rings. The van der Waals surface area contributed by atoms with Gasteiger partial charge in [-0.05, 0) is 24.4 Å². The number of hydrogen-bond donors (Lipinski definition) is 2. The summed E-state index contributed by atoms with van der Waals surface area (Å²) in [5, 5.41) is 20.6. The van der Waals surface area contributed by atoms with Crippen LogP contribution in [0.2, 0.25) is 0 Å². The molecule has 0 aliphatic carbocycles. The quantitative estimate of drug-likeness (QED) is 0.570. The van der Waals surface area contributed by atoms with Crippen LogP contribution in [0.1, 0.15) is 0 Å². The summed E-state index contributed by atoms with van der Waals surface area (Å²) in [6.45, 7) is 0. The van der Waals surface area contributed by atoms with Crippen molar-refractivity contribution in [2.75, 3.05) is 0 Å². The van der Waals surface area contributed by atoms with Crippen LogP contribution >= 0.6 is 12.2 Å². The molecule has 0 spiro atoms. The second kappa shape index (κ2) is 3.08. The molecule has 2 N–H and O–H groups in total. The van der Waals surface area contributed by atoms with Gasteiger partial charge in [0.05, 0.1) is 0 Å². The van der Waals surface area contributed by atoms with Gasteiger partial charge in [-0.25, -0.2) is 5.06 Å². The van der Waals surface area contributed by atoms with E-state index in [9.17, 15) is 0 Å². The van der Waals surface area contributed by atoms with Gasteiger partial charge in [-0.2, -0.15) is 0 Å². The number of rotatable bonds is 0. The molecule has 0 aromatic carbocycles. The zero-order chi connectivity index (χ0) is 9.26. The molecule has 0 unspecified atom stereocenters. The highest BCUT2D eigenvalue weighted by Crippen LogP contribution is 2.15. The van der Waals surface area contributed by atoms with E-state index in [2.05, 4.69) is 15.5 Å². The van der Waals surface area contributed by atoms with Crippen LogP contribution in [0.5, 0.6) is 0 Å². The lowest BCUT2D eigenvalue weighted by atomic mass is 10.2. The molecule has 0 aromatic heterocycles. The van der Waals surface area contributed by atoms with Crippen LogP contribution in [0.3, 0.4) is 0 Å². The van der Waals surface area contributed by atoms with Crippen molar-refractivity contribution in [3.8, 4) is 0 Å². The van der Waals surface area contributed by atoms with Crippen LogP contribution in [0.25, 0.3) is 0 Å². The Morgan fingerprint density at radius 1 is 1.31 bits per heavy atom. The second-order valence-electron chi connectivity index (χ2n) is 2.45. The van der Waals surface area contributed by atoms with Crippen molar-refractivity contribution in [3.05, 3.63) is 35.9 Å². The summed E-state index contributed by atoms with van der Waals surface area (Å²) in [6.07, 6.45) is 6.41. The average molecular weight is 194 g/mol. The minimum atomic E-state index is 0.357. The predicted octanol–water partition coefficient (Wildman–Crippen LogP) is 1.27. The first-order valence-corrected chi connectivity index (χ1v) is 3.97. The highest BCUT2D eigenvalue weighted by molar-refractivity contribution is 7.80. The first-order chi connectivity index (χ1) is 6.25. The van der Waals surface area contributed by atoms with Gasteiger partial charge in [0.15, 0.2) is 5.82 Å². The monoisotopic (exact) mass is 194 g/mol. The minimum absolute atomic E-state index is 0.357. The van der Waals surface area contributed by atoms with Gasteiger partial charge in [-0.15, -0.1) is 10.2 Å². The molecular weight excluding hydrogens is 188 g/mol. The summed E-state index contributed by atoms with van der Waals surface area (Å²) >= 11 is 4.77. The largest absolute Gasteiger partial charge is 0.312 e. The number of azo groups is 1. The molecule has 0 amide bonds. The first kappa shape index (κ1) is 8.09. The van der Waals surface area contributed by atoms with Crippen LogP contribution in [0.15, 0.2) is 46.2 Å². The Kier molecular flexibility index (Phi) is 1.91. The smallest absolute Gasteiger partial charge is 0.219 e. The van der Waals surface area contributed by atoms with Gasteiger partial charge in [0.25, 0.3) is 0 Å². The lowest BCUT2D eigenvalue weighted by molar-refractivity contribution is 0.0105. The summed E-state index contributed by atoms with van der Waals surface area (Å²) in [6, 6.07) is 0. The first-order valence-electron chi connectivity index (χ1n) is 3.56. The van der Waals surface area contributed by atoms with Gasteiger partial charge >= 0.3 is 0 Å². The number of nitrogens with zero attached hydrogens (tertiary/aromatic N) is 3. The number of nitrogens with one attached hydrogen (secondary N) is 1. The molecule has 2 aliphatic rings. The number of allylic oxidation sites excluding steroid dienone is 3. The predicted molar refractivity (Wildman–Crippen MR) is 49.5 cm³/mol. The Morgan fingerprint density at radius 3 is 2.54 bits per heavy atom. The molecule has 13 heavy (non-hydrogen) atoms. The molecule has 6 heteroatoms. The Hall–Kier alpha value is -1.53. The molecule has 0 aromatic rings. The summed E-state index contributed by atoms with van der Waals surface area (Å²) in [4.78, 5) is 0. The number of hydroxylamine groups is 2.